The molecule has 0 saturated heterocycles. The lowest BCUT2D eigenvalue weighted by Crippen LogP contribution is -2.37. The molecule has 0 aromatic carbocycles. The molecule has 0 radical (unpaired) electrons. The number of nitrogens with zero attached hydrogens (tertiary/aromatic N) is 1. The smallest absolute Gasteiger partial charge is 0.306 e. The predicted molar refractivity (Wildman–Crippen MR) is 227 cm³/mol. The standard InChI is InChI=1S/C45H86NO8P/c1-6-8-10-12-14-16-18-20-21-22-23-24-25-26-28-29-31-33-35-37-44(47)51-41-43(42-53-55(49,50)52-40-39-46(3,4)5)54-45(48)38-36-34-32-30-27-19-17-15-13-11-9-7-2/h14,16,20-21,43H,6-13,15,17-19,22-42H2,1-5H3/b16-14-,21-20-/t43-/m1/s1. The van der Waals surface area contributed by atoms with Crippen molar-refractivity contribution in [2.45, 2.75) is 206 Å². The van der Waals surface area contributed by atoms with Crippen molar-refractivity contribution in [3.63, 3.8) is 0 Å². The number of likely N-dealkylation sites (N-methyl/N-ethyl adjacent to an activating group) is 1. The van der Waals surface area contributed by atoms with Crippen LogP contribution in [0.1, 0.15) is 200 Å². The SMILES string of the molecule is CCCCC/C=C\C/C=C\CCCCCCCCCCCC(=O)OC[C@H](COP(=O)([O-])OCC[N+](C)(C)C)OC(=O)CCCCCCCCCCCCCC. The van der Waals surface area contributed by atoms with Gasteiger partial charge in [0.25, 0.3) is 7.82 Å². The summed E-state index contributed by atoms with van der Waals surface area (Å²) in [6, 6.07) is 0. The monoisotopic (exact) mass is 800 g/mol. The van der Waals surface area contributed by atoms with E-state index in [4.69, 9.17) is 18.5 Å². The van der Waals surface area contributed by atoms with Gasteiger partial charge in [-0.3, -0.25) is 14.2 Å². The van der Waals surface area contributed by atoms with Crippen molar-refractivity contribution < 1.29 is 42.1 Å². The third-order valence-electron chi connectivity index (χ3n) is 9.72. The minimum absolute atomic E-state index is 0.0295. The van der Waals surface area contributed by atoms with E-state index in [0.29, 0.717) is 17.4 Å². The molecule has 0 aliphatic rings. The summed E-state index contributed by atoms with van der Waals surface area (Å²) in [7, 11) is 1.17. The van der Waals surface area contributed by atoms with Crippen molar-refractivity contribution in [2.24, 2.45) is 0 Å². The van der Waals surface area contributed by atoms with Gasteiger partial charge in [0, 0.05) is 12.8 Å². The Morgan fingerprint density at radius 3 is 1.47 bits per heavy atom. The molecular formula is C45H86NO8P. The van der Waals surface area contributed by atoms with Crippen LogP contribution in [0, 0.1) is 0 Å². The summed E-state index contributed by atoms with van der Waals surface area (Å²) in [6.07, 6.45) is 40.5. The van der Waals surface area contributed by atoms with E-state index in [1.807, 2.05) is 21.1 Å². The molecule has 0 spiro atoms. The molecule has 1 unspecified atom stereocenters. The highest BCUT2D eigenvalue weighted by Gasteiger charge is 2.21. The van der Waals surface area contributed by atoms with Crippen molar-refractivity contribution in [2.75, 3.05) is 47.5 Å². The van der Waals surface area contributed by atoms with Crippen LogP contribution in [-0.4, -0.2) is 70.0 Å². The molecule has 55 heavy (non-hydrogen) atoms. The van der Waals surface area contributed by atoms with Crippen LogP contribution in [0.2, 0.25) is 0 Å². The Morgan fingerprint density at radius 2 is 0.982 bits per heavy atom. The Kier molecular flexibility index (Phi) is 37.0. The maximum absolute atomic E-state index is 12.6. The molecule has 0 saturated carbocycles. The minimum Gasteiger partial charge on any atom is -0.756 e. The van der Waals surface area contributed by atoms with Crippen LogP contribution in [0.5, 0.6) is 0 Å². The van der Waals surface area contributed by atoms with Gasteiger partial charge >= 0.3 is 11.9 Å². The molecule has 0 rings (SSSR count). The second-order valence-corrected chi connectivity index (χ2v) is 17.8. The molecular weight excluding hydrogens is 713 g/mol. The predicted octanol–water partition coefficient (Wildman–Crippen LogP) is 12.1. The lowest BCUT2D eigenvalue weighted by atomic mass is 10.0. The van der Waals surface area contributed by atoms with Crippen molar-refractivity contribution in [3.05, 3.63) is 24.3 Å². The molecule has 10 heteroatoms. The summed E-state index contributed by atoms with van der Waals surface area (Å²) < 4.78 is 33.9. The molecule has 324 valence electrons. The van der Waals surface area contributed by atoms with Gasteiger partial charge in [0.05, 0.1) is 27.7 Å². The number of esters is 2. The first-order valence-electron chi connectivity index (χ1n) is 22.5. The van der Waals surface area contributed by atoms with Crippen molar-refractivity contribution in [1.29, 1.82) is 0 Å². The molecule has 0 aliphatic carbocycles. The van der Waals surface area contributed by atoms with E-state index in [1.54, 1.807) is 0 Å². The largest absolute Gasteiger partial charge is 0.756 e. The lowest BCUT2D eigenvalue weighted by molar-refractivity contribution is -0.870. The average Bonchev–Trinajstić information content (AvgIpc) is 3.13. The van der Waals surface area contributed by atoms with Crippen LogP contribution in [0.15, 0.2) is 24.3 Å². The van der Waals surface area contributed by atoms with Crippen molar-refractivity contribution in [3.8, 4) is 0 Å². The molecule has 0 N–H and O–H groups in total. The summed E-state index contributed by atoms with van der Waals surface area (Å²) in [5.74, 6) is -0.833. The highest BCUT2D eigenvalue weighted by molar-refractivity contribution is 7.45. The number of phosphoric ester groups is 1. The zero-order chi connectivity index (χ0) is 40.7. The topological polar surface area (TPSA) is 111 Å². The second-order valence-electron chi connectivity index (χ2n) is 16.4. The van der Waals surface area contributed by atoms with Gasteiger partial charge in [-0.05, 0) is 44.9 Å². The fraction of sp³-hybridized carbons (Fsp3) is 0.867. The third-order valence-corrected chi connectivity index (χ3v) is 10.7. The summed E-state index contributed by atoms with van der Waals surface area (Å²) in [4.78, 5) is 37.5. The lowest BCUT2D eigenvalue weighted by Gasteiger charge is -2.28. The number of carbonyl (C=O) groups is 2. The fourth-order valence-electron chi connectivity index (χ4n) is 6.16. The van der Waals surface area contributed by atoms with Crippen molar-refractivity contribution in [1.82, 2.24) is 0 Å². The molecule has 0 aromatic rings. The van der Waals surface area contributed by atoms with Gasteiger partial charge < -0.3 is 27.9 Å². The Hall–Kier alpha value is -1.51. The Morgan fingerprint density at radius 1 is 0.564 bits per heavy atom. The van der Waals surface area contributed by atoms with E-state index in [1.165, 1.54) is 128 Å². The van der Waals surface area contributed by atoms with Gasteiger partial charge in [-0.1, -0.05) is 167 Å². The number of rotatable bonds is 41. The number of ether oxygens (including phenoxy) is 2. The first-order chi connectivity index (χ1) is 26.5. The zero-order valence-electron chi connectivity index (χ0n) is 36.4. The average molecular weight is 800 g/mol. The van der Waals surface area contributed by atoms with Gasteiger partial charge in [0.1, 0.15) is 19.8 Å². The van der Waals surface area contributed by atoms with Crippen LogP contribution in [0.25, 0.3) is 0 Å². The number of quaternary nitrogens is 1. The van der Waals surface area contributed by atoms with E-state index in [0.717, 1.165) is 38.5 Å². The van der Waals surface area contributed by atoms with Crippen molar-refractivity contribution >= 4 is 19.8 Å². The Balaban J connectivity index is 4.29. The molecule has 2 atom stereocenters. The van der Waals surface area contributed by atoms with Crippen LogP contribution >= 0.6 is 7.82 Å². The van der Waals surface area contributed by atoms with Crippen LogP contribution in [0.3, 0.4) is 0 Å². The summed E-state index contributed by atoms with van der Waals surface area (Å²) in [5, 5.41) is 0. The van der Waals surface area contributed by atoms with E-state index < -0.39 is 26.5 Å². The Labute approximate surface area is 339 Å². The quantitative estimate of drug-likeness (QED) is 0.0198. The van der Waals surface area contributed by atoms with E-state index >= 15 is 0 Å². The minimum atomic E-state index is -4.62. The van der Waals surface area contributed by atoms with E-state index in [9.17, 15) is 19.0 Å². The molecule has 9 nitrogen and oxygen atoms in total. The molecule has 0 aromatic heterocycles. The summed E-state index contributed by atoms with van der Waals surface area (Å²) in [5.41, 5.74) is 0. The Bertz CT molecular complexity index is 996. The maximum atomic E-state index is 12.6. The summed E-state index contributed by atoms with van der Waals surface area (Å²) >= 11 is 0. The van der Waals surface area contributed by atoms with Crippen LogP contribution in [-0.2, 0) is 32.7 Å². The number of unbranched alkanes of at least 4 members (excludes halogenated alkanes) is 23. The normalized spacial score (nSPS) is 13.8. The fourth-order valence-corrected chi connectivity index (χ4v) is 6.88. The van der Waals surface area contributed by atoms with E-state index in [2.05, 4.69) is 38.2 Å². The van der Waals surface area contributed by atoms with Crippen LogP contribution in [0.4, 0.5) is 0 Å². The van der Waals surface area contributed by atoms with Gasteiger partial charge in [-0.2, -0.15) is 0 Å². The highest BCUT2D eigenvalue weighted by Crippen LogP contribution is 2.38. The van der Waals surface area contributed by atoms with E-state index in [-0.39, 0.29) is 32.0 Å². The number of allylic oxidation sites excluding steroid dienone is 4. The van der Waals surface area contributed by atoms with Gasteiger partial charge in [0.2, 0.25) is 0 Å². The first kappa shape index (κ1) is 53.5. The molecule has 0 aliphatic heterocycles. The van der Waals surface area contributed by atoms with Gasteiger partial charge in [-0.15, -0.1) is 0 Å². The van der Waals surface area contributed by atoms with Gasteiger partial charge in [0.15, 0.2) is 6.10 Å². The molecule has 0 heterocycles. The maximum Gasteiger partial charge on any atom is 0.306 e. The molecule has 0 bridgehead atoms. The van der Waals surface area contributed by atoms with Crippen LogP contribution < -0.4 is 4.89 Å². The second kappa shape index (κ2) is 38.0. The summed E-state index contributed by atoms with van der Waals surface area (Å²) in [6.45, 7) is 4.21. The number of phosphoric acid groups is 1. The third kappa shape index (κ3) is 41.9. The molecule has 0 amide bonds. The number of hydrogen-bond acceptors (Lipinski definition) is 8. The first-order valence-corrected chi connectivity index (χ1v) is 24.0. The molecule has 0 fully saturated rings. The van der Waals surface area contributed by atoms with Gasteiger partial charge in [-0.25, -0.2) is 0 Å². The number of hydrogen-bond donors (Lipinski definition) is 0. The highest BCUT2D eigenvalue weighted by atomic mass is 31.2. The zero-order valence-corrected chi connectivity index (χ0v) is 37.3. The number of carbonyl (C=O) groups excluding carboxylic acids is 2.